The Balaban J connectivity index is 1.45. The van der Waals surface area contributed by atoms with Crippen molar-refractivity contribution in [2.45, 2.75) is 90.4 Å². The SMILES string of the molecule is CN(C[C@@H](O)CO[C@H]1C[C@H]2CC[C@@]1(C)C2(C)C)C1CCCCC1. The summed E-state index contributed by atoms with van der Waals surface area (Å²) in [6, 6.07) is 0.664. The highest BCUT2D eigenvalue weighted by Crippen LogP contribution is 2.66. The fraction of sp³-hybridized carbons (Fsp3) is 1.00. The molecule has 0 aliphatic heterocycles. The molecule has 23 heavy (non-hydrogen) atoms. The van der Waals surface area contributed by atoms with Crippen molar-refractivity contribution < 1.29 is 9.84 Å². The van der Waals surface area contributed by atoms with Crippen LogP contribution < -0.4 is 0 Å². The van der Waals surface area contributed by atoms with Gasteiger partial charge in [-0.25, -0.2) is 0 Å². The molecule has 134 valence electrons. The molecule has 0 unspecified atom stereocenters. The predicted octanol–water partition coefficient (Wildman–Crippen LogP) is 3.84. The Morgan fingerprint density at radius 2 is 1.83 bits per heavy atom. The summed E-state index contributed by atoms with van der Waals surface area (Å²) in [4.78, 5) is 2.36. The molecule has 3 heteroatoms. The first-order chi connectivity index (χ1) is 10.8. The van der Waals surface area contributed by atoms with Gasteiger partial charge in [0.25, 0.3) is 0 Å². The van der Waals surface area contributed by atoms with Crippen LogP contribution in [0.5, 0.6) is 0 Å². The first kappa shape index (κ1) is 17.7. The van der Waals surface area contributed by atoms with Gasteiger partial charge < -0.3 is 14.7 Å². The Morgan fingerprint density at radius 1 is 1.13 bits per heavy atom. The lowest BCUT2D eigenvalue weighted by molar-refractivity contribution is -0.0802. The van der Waals surface area contributed by atoms with E-state index in [9.17, 15) is 5.11 Å². The highest BCUT2D eigenvalue weighted by molar-refractivity contribution is 5.11. The third-order valence-corrected chi connectivity index (χ3v) is 7.90. The molecule has 3 saturated carbocycles. The van der Waals surface area contributed by atoms with Crippen molar-refractivity contribution in [3.63, 3.8) is 0 Å². The van der Waals surface area contributed by atoms with Gasteiger partial charge in [-0.15, -0.1) is 0 Å². The molecule has 0 aromatic heterocycles. The van der Waals surface area contributed by atoms with Crippen LogP contribution >= 0.6 is 0 Å². The van der Waals surface area contributed by atoms with Gasteiger partial charge >= 0.3 is 0 Å². The number of likely N-dealkylation sites (N-methyl/N-ethyl adjacent to an activating group) is 1. The normalized spacial score (nSPS) is 38.3. The molecular weight excluding hydrogens is 286 g/mol. The molecule has 0 aromatic rings. The molecule has 3 rings (SSSR count). The maximum atomic E-state index is 10.4. The zero-order valence-corrected chi connectivity index (χ0v) is 15.7. The number of rotatable bonds is 6. The number of aliphatic hydroxyl groups excluding tert-OH is 1. The second-order valence-electron chi connectivity index (χ2n) is 9.32. The van der Waals surface area contributed by atoms with Crippen LogP contribution in [-0.2, 0) is 4.74 Å². The zero-order chi connectivity index (χ0) is 16.7. The molecule has 3 nitrogen and oxygen atoms in total. The number of aliphatic hydroxyl groups is 1. The second kappa shape index (κ2) is 6.65. The van der Waals surface area contributed by atoms with Crippen LogP contribution in [0.1, 0.15) is 72.1 Å². The Morgan fingerprint density at radius 3 is 2.39 bits per heavy atom. The lowest BCUT2D eigenvalue weighted by Crippen LogP contribution is -2.42. The molecular formula is C20H37NO2. The van der Waals surface area contributed by atoms with Crippen LogP contribution in [0.15, 0.2) is 0 Å². The molecule has 1 N–H and O–H groups in total. The summed E-state index contributed by atoms with van der Waals surface area (Å²) in [7, 11) is 2.17. The molecule has 0 heterocycles. The number of hydrogen-bond acceptors (Lipinski definition) is 3. The molecule has 0 aromatic carbocycles. The van der Waals surface area contributed by atoms with Gasteiger partial charge in [0, 0.05) is 12.6 Å². The highest BCUT2D eigenvalue weighted by atomic mass is 16.5. The minimum Gasteiger partial charge on any atom is -0.389 e. The molecule has 0 radical (unpaired) electrons. The molecule has 4 atom stereocenters. The summed E-state index contributed by atoms with van der Waals surface area (Å²) in [5.41, 5.74) is 0.689. The van der Waals surface area contributed by atoms with Crippen molar-refractivity contribution in [2.75, 3.05) is 20.2 Å². The van der Waals surface area contributed by atoms with E-state index in [-0.39, 0.29) is 6.10 Å². The first-order valence-electron chi connectivity index (χ1n) is 9.84. The van der Waals surface area contributed by atoms with Gasteiger partial charge in [0.1, 0.15) is 0 Å². The van der Waals surface area contributed by atoms with Crippen molar-refractivity contribution in [3.8, 4) is 0 Å². The van der Waals surface area contributed by atoms with Gasteiger partial charge in [0.15, 0.2) is 0 Å². The van der Waals surface area contributed by atoms with Crippen molar-refractivity contribution in [1.29, 1.82) is 0 Å². The topological polar surface area (TPSA) is 32.7 Å². The third-order valence-electron chi connectivity index (χ3n) is 7.90. The van der Waals surface area contributed by atoms with E-state index in [1.54, 1.807) is 0 Å². The van der Waals surface area contributed by atoms with Gasteiger partial charge in [-0.05, 0) is 55.9 Å². The van der Waals surface area contributed by atoms with Crippen molar-refractivity contribution in [3.05, 3.63) is 0 Å². The van der Waals surface area contributed by atoms with E-state index in [4.69, 9.17) is 4.74 Å². The second-order valence-corrected chi connectivity index (χ2v) is 9.32. The lowest BCUT2D eigenvalue weighted by Gasteiger charge is -2.39. The van der Waals surface area contributed by atoms with Crippen molar-refractivity contribution >= 4 is 0 Å². The standard InChI is InChI=1S/C20H37NO2/c1-19(2)15-10-11-20(19,3)18(12-15)23-14-17(22)13-21(4)16-8-6-5-7-9-16/h15-18,22H,5-14H2,1-4H3/t15-,17-,18+,20-/m1/s1. The first-order valence-corrected chi connectivity index (χ1v) is 9.84. The Kier molecular flexibility index (Phi) is 5.11. The van der Waals surface area contributed by atoms with E-state index in [0.29, 0.717) is 29.6 Å². The van der Waals surface area contributed by atoms with Gasteiger partial charge in [-0.2, -0.15) is 0 Å². The smallest absolute Gasteiger partial charge is 0.0900 e. The van der Waals surface area contributed by atoms with Gasteiger partial charge in [-0.1, -0.05) is 40.0 Å². The summed E-state index contributed by atoms with van der Waals surface area (Å²) in [5.74, 6) is 0.805. The number of ether oxygens (including phenoxy) is 1. The number of nitrogens with zero attached hydrogens (tertiary/aromatic N) is 1. The quantitative estimate of drug-likeness (QED) is 0.806. The maximum absolute atomic E-state index is 10.4. The van der Waals surface area contributed by atoms with Crippen LogP contribution in [-0.4, -0.2) is 48.5 Å². The van der Waals surface area contributed by atoms with Gasteiger partial charge in [0.2, 0.25) is 0 Å². The van der Waals surface area contributed by atoms with E-state index in [1.807, 2.05) is 0 Å². The molecule has 3 aliphatic carbocycles. The molecule has 3 aliphatic rings. The molecule has 2 bridgehead atoms. The Labute approximate surface area is 142 Å². The summed E-state index contributed by atoms with van der Waals surface area (Å²) >= 11 is 0. The minimum absolute atomic E-state index is 0.298. The largest absolute Gasteiger partial charge is 0.389 e. The average molecular weight is 324 g/mol. The lowest BCUT2D eigenvalue weighted by atomic mass is 9.70. The Hall–Kier alpha value is -0.120. The predicted molar refractivity (Wildman–Crippen MR) is 94.5 cm³/mol. The number of fused-ring (bicyclic) bond motifs is 2. The average Bonchev–Trinajstić information content (AvgIpc) is 2.86. The van der Waals surface area contributed by atoms with E-state index >= 15 is 0 Å². The molecule has 0 amide bonds. The van der Waals surface area contributed by atoms with Gasteiger partial charge in [0.05, 0.1) is 18.8 Å². The van der Waals surface area contributed by atoms with Crippen LogP contribution in [0, 0.1) is 16.7 Å². The van der Waals surface area contributed by atoms with E-state index in [0.717, 1.165) is 12.5 Å². The summed E-state index contributed by atoms with van der Waals surface area (Å²) in [6.45, 7) is 8.49. The van der Waals surface area contributed by atoms with Crippen LogP contribution in [0.4, 0.5) is 0 Å². The third kappa shape index (κ3) is 3.21. The fourth-order valence-corrected chi connectivity index (χ4v) is 5.67. The van der Waals surface area contributed by atoms with Crippen molar-refractivity contribution in [1.82, 2.24) is 4.90 Å². The zero-order valence-electron chi connectivity index (χ0n) is 15.7. The molecule has 3 fully saturated rings. The Bertz CT molecular complexity index is 404. The van der Waals surface area contributed by atoms with Crippen molar-refractivity contribution in [2.24, 2.45) is 16.7 Å². The molecule has 0 saturated heterocycles. The van der Waals surface area contributed by atoms with E-state index < -0.39 is 0 Å². The highest BCUT2D eigenvalue weighted by Gasteiger charge is 2.61. The summed E-state index contributed by atoms with van der Waals surface area (Å²) < 4.78 is 6.25. The van der Waals surface area contributed by atoms with Crippen LogP contribution in [0.3, 0.4) is 0 Å². The van der Waals surface area contributed by atoms with Crippen LogP contribution in [0.25, 0.3) is 0 Å². The minimum atomic E-state index is -0.354. The van der Waals surface area contributed by atoms with Gasteiger partial charge in [-0.3, -0.25) is 0 Å². The maximum Gasteiger partial charge on any atom is 0.0900 e. The fourth-order valence-electron chi connectivity index (χ4n) is 5.67. The van der Waals surface area contributed by atoms with Crippen LogP contribution in [0.2, 0.25) is 0 Å². The van der Waals surface area contributed by atoms with E-state index in [2.05, 4.69) is 32.7 Å². The number of hydrogen-bond donors (Lipinski definition) is 1. The monoisotopic (exact) mass is 323 g/mol. The van der Waals surface area contributed by atoms with E-state index in [1.165, 1.54) is 51.4 Å². The summed E-state index contributed by atoms with van der Waals surface area (Å²) in [5, 5.41) is 10.4. The molecule has 0 spiro atoms. The summed E-state index contributed by atoms with van der Waals surface area (Å²) in [6.07, 6.45) is 10.5.